The second-order valence-corrected chi connectivity index (χ2v) is 8.01. The van der Waals surface area contributed by atoms with Crippen LogP contribution in [0.3, 0.4) is 0 Å². The number of hydrogen-bond acceptors (Lipinski definition) is 7. The van der Waals surface area contributed by atoms with Crippen molar-refractivity contribution in [2.45, 2.75) is 18.4 Å². The molecule has 10 heteroatoms. The molecule has 0 saturated carbocycles. The number of carbonyl (C=O) groups is 1. The van der Waals surface area contributed by atoms with Crippen LogP contribution in [0.2, 0.25) is 5.02 Å². The smallest absolute Gasteiger partial charge is 0.338 e. The lowest BCUT2D eigenvalue weighted by Gasteiger charge is -2.08. The van der Waals surface area contributed by atoms with Gasteiger partial charge in [-0.25, -0.2) is 17.9 Å². The molecule has 0 unspecified atom stereocenters. The Morgan fingerprint density at radius 1 is 1.21 bits per heavy atom. The average molecular weight is 422 g/mol. The molecule has 0 aliphatic rings. The van der Waals surface area contributed by atoms with E-state index in [2.05, 4.69) is 19.6 Å². The first-order valence-corrected chi connectivity index (χ1v) is 9.93. The quantitative estimate of drug-likeness (QED) is 0.609. The second-order valence-electron chi connectivity index (χ2n) is 5.81. The van der Waals surface area contributed by atoms with Crippen LogP contribution >= 0.6 is 11.6 Å². The maximum Gasteiger partial charge on any atom is 0.338 e. The first kappa shape index (κ1) is 20.0. The van der Waals surface area contributed by atoms with E-state index in [9.17, 15) is 13.2 Å². The van der Waals surface area contributed by atoms with Crippen molar-refractivity contribution in [3.63, 3.8) is 0 Å². The highest BCUT2D eigenvalue weighted by atomic mass is 35.5. The number of rotatable bonds is 6. The third-order valence-corrected chi connectivity index (χ3v) is 5.56. The molecule has 0 bridgehead atoms. The molecular formula is C18H16ClN3O5S. The molecule has 1 aromatic heterocycles. The standard InChI is InChI=1S/C18H16ClN3O5S/c1-11-3-8-14(9-15(11)18(23)26-2)28(24,25)20-10-16-21-17(22-27-16)12-4-6-13(19)7-5-12/h3-9,20H,10H2,1-2H3. The molecule has 0 aliphatic carbocycles. The Kier molecular flexibility index (Phi) is 5.78. The van der Waals surface area contributed by atoms with Crippen LogP contribution in [0.5, 0.6) is 0 Å². The van der Waals surface area contributed by atoms with E-state index in [0.717, 1.165) is 0 Å². The largest absolute Gasteiger partial charge is 0.465 e. The van der Waals surface area contributed by atoms with Gasteiger partial charge in [0.2, 0.25) is 21.7 Å². The van der Waals surface area contributed by atoms with Gasteiger partial charge in [-0.1, -0.05) is 22.8 Å². The van der Waals surface area contributed by atoms with E-state index in [1.54, 1.807) is 31.2 Å². The van der Waals surface area contributed by atoms with Crippen LogP contribution in [-0.4, -0.2) is 31.6 Å². The van der Waals surface area contributed by atoms with Crippen molar-refractivity contribution in [2.75, 3.05) is 7.11 Å². The molecule has 3 aromatic rings. The van der Waals surface area contributed by atoms with Gasteiger partial charge in [0, 0.05) is 10.6 Å². The van der Waals surface area contributed by atoms with Crippen LogP contribution in [-0.2, 0) is 21.3 Å². The van der Waals surface area contributed by atoms with Crippen molar-refractivity contribution in [3.8, 4) is 11.4 Å². The Labute approximate surface area is 166 Å². The third kappa shape index (κ3) is 4.38. The van der Waals surface area contributed by atoms with E-state index < -0.39 is 16.0 Å². The average Bonchev–Trinajstić information content (AvgIpc) is 3.16. The van der Waals surface area contributed by atoms with Crippen molar-refractivity contribution in [1.29, 1.82) is 0 Å². The van der Waals surface area contributed by atoms with Crippen LogP contribution in [0.15, 0.2) is 51.9 Å². The summed E-state index contributed by atoms with van der Waals surface area (Å²) in [5.41, 5.74) is 1.46. The zero-order valence-electron chi connectivity index (χ0n) is 15.0. The fourth-order valence-electron chi connectivity index (χ4n) is 2.38. The minimum absolute atomic E-state index is 0.0732. The van der Waals surface area contributed by atoms with E-state index in [4.69, 9.17) is 16.1 Å². The van der Waals surface area contributed by atoms with Crippen molar-refractivity contribution < 1.29 is 22.5 Å². The van der Waals surface area contributed by atoms with Crippen molar-refractivity contribution in [3.05, 3.63) is 64.5 Å². The number of ether oxygens (including phenoxy) is 1. The molecule has 0 spiro atoms. The van der Waals surface area contributed by atoms with Gasteiger partial charge in [0.25, 0.3) is 0 Å². The minimum atomic E-state index is -3.90. The molecule has 3 rings (SSSR count). The molecule has 0 saturated heterocycles. The summed E-state index contributed by atoms with van der Waals surface area (Å²) in [4.78, 5) is 15.9. The Morgan fingerprint density at radius 2 is 1.93 bits per heavy atom. The third-order valence-electron chi connectivity index (χ3n) is 3.91. The fraction of sp³-hybridized carbons (Fsp3) is 0.167. The number of aromatic nitrogens is 2. The lowest BCUT2D eigenvalue weighted by atomic mass is 10.1. The van der Waals surface area contributed by atoms with Gasteiger partial charge in [0.05, 0.1) is 24.1 Å². The summed E-state index contributed by atoms with van der Waals surface area (Å²) < 4.78 is 37.2. The maximum atomic E-state index is 12.5. The molecule has 28 heavy (non-hydrogen) atoms. The van der Waals surface area contributed by atoms with Crippen molar-refractivity contribution in [2.24, 2.45) is 0 Å². The molecule has 0 aliphatic heterocycles. The van der Waals surface area contributed by atoms with Gasteiger partial charge < -0.3 is 9.26 Å². The van der Waals surface area contributed by atoms with Crippen LogP contribution in [0.4, 0.5) is 0 Å². The molecule has 0 atom stereocenters. The summed E-state index contributed by atoms with van der Waals surface area (Å²) in [5.74, 6) is -0.206. The number of sulfonamides is 1. The highest BCUT2D eigenvalue weighted by Gasteiger charge is 2.19. The lowest BCUT2D eigenvalue weighted by molar-refractivity contribution is 0.0599. The van der Waals surface area contributed by atoms with Gasteiger partial charge in [-0.3, -0.25) is 0 Å². The van der Waals surface area contributed by atoms with Gasteiger partial charge in [0.1, 0.15) is 0 Å². The molecular weight excluding hydrogens is 406 g/mol. The van der Waals surface area contributed by atoms with Gasteiger partial charge in [0.15, 0.2) is 0 Å². The van der Waals surface area contributed by atoms with Crippen LogP contribution in [0.1, 0.15) is 21.8 Å². The number of halogens is 1. The Bertz CT molecular complexity index is 1110. The predicted molar refractivity (Wildman–Crippen MR) is 101 cm³/mol. The molecule has 2 aromatic carbocycles. The first-order chi connectivity index (χ1) is 13.3. The highest BCUT2D eigenvalue weighted by Crippen LogP contribution is 2.19. The Hall–Kier alpha value is -2.75. The number of carbonyl (C=O) groups excluding carboxylic acids is 1. The SMILES string of the molecule is COC(=O)c1cc(S(=O)(=O)NCc2nc(-c3ccc(Cl)cc3)no2)ccc1C. The minimum Gasteiger partial charge on any atom is -0.465 e. The van der Waals surface area contributed by atoms with Crippen LogP contribution in [0.25, 0.3) is 11.4 Å². The van der Waals surface area contributed by atoms with E-state index in [1.165, 1.54) is 25.3 Å². The lowest BCUT2D eigenvalue weighted by Crippen LogP contribution is -2.24. The summed E-state index contributed by atoms with van der Waals surface area (Å²) in [6.07, 6.45) is 0. The summed E-state index contributed by atoms with van der Waals surface area (Å²) in [5, 5.41) is 4.40. The van der Waals surface area contributed by atoms with Crippen molar-refractivity contribution in [1.82, 2.24) is 14.9 Å². The van der Waals surface area contributed by atoms with Gasteiger partial charge in [-0.05, 0) is 48.9 Å². The second kappa shape index (κ2) is 8.09. The molecule has 0 fully saturated rings. The number of hydrogen-bond donors (Lipinski definition) is 1. The summed E-state index contributed by atoms with van der Waals surface area (Å²) in [6, 6.07) is 11.0. The Morgan fingerprint density at radius 3 is 2.61 bits per heavy atom. The monoisotopic (exact) mass is 421 g/mol. The van der Waals surface area contributed by atoms with Gasteiger partial charge >= 0.3 is 5.97 Å². The number of nitrogens with one attached hydrogen (secondary N) is 1. The van der Waals surface area contributed by atoms with E-state index in [1.807, 2.05) is 0 Å². The molecule has 146 valence electrons. The summed E-state index contributed by atoms with van der Waals surface area (Å²) in [6.45, 7) is 1.48. The van der Waals surface area contributed by atoms with Gasteiger partial charge in [-0.2, -0.15) is 4.98 Å². The summed E-state index contributed by atoms with van der Waals surface area (Å²) >= 11 is 5.84. The number of esters is 1. The number of aryl methyl sites for hydroxylation is 1. The van der Waals surface area contributed by atoms with E-state index >= 15 is 0 Å². The molecule has 1 heterocycles. The Balaban J connectivity index is 1.75. The fourth-order valence-corrected chi connectivity index (χ4v) is 3.51. The zero-order chi connectivity index (χ0) is 20.3. The topological polar surface area (TPSA) is 111 Å². The molecule has 0 amide bonds. The number of nitrogens with zero attached hydrogens (tertiary/aromatic N) is 2. The van der Waals surface area contributed by atoms with Crippen LogP contribution in [0, 0.1) is 6.92 Å². The van der Waals surface area contributed by atoms with Gasteiger partial charge in [-0.15, -0.1) is 0 Å². The maximum absolute atomic E-state index is 12.5. The van der Waals surface area contributed by atoms with E-state index in [-0.39, 0.29) is 22.9 Å². The molecule has 1 N–H and O–H groups in total. The number of benzene rings is 2. The normalized spacial score (nSPS) is 11.4. The summed E-state index contributed by atoms with van der Waals surface area (Å²) in [7, 11) is -2.67. The molecule has 0 radical (unpaired) electrons. The van der Waals surface area contributed by atoms with E-state index in [0.29, 0.717) is 22.0 Å². The van der Waals surface area contributed by atoms with Crippen molar-refractivity contribution >= 4 is 27.6 Å². The number of methoxy groups -OCH3 is 1. The first-order valence-electron chi connectivity index (χ1n) is 8.07. The zero-order valence-corrected chi connectivity index (χ0v) is 16.5. The predicted octanol–water partition coefficient (Wildman–Crippen LogP) is 2.96. The molecule has 8 nitrogen and oxygen atoms in total. The van der Waals surface area contributed by atoms with Crippen LogP contribution < -0.4 is 4.72 Å². The highest BCUT2D eigenvalue weighted by molar-refractivity contribution is 7.89.